The summed E-state index contributed by atoms with van der Waals surface area (Å²) in [4.78, 5) is 9.68. The van der Waals surface area contributed by atoms with Gasteiger partial charge in [0.2, 0.25) is 5.95 Å². The van der Waals surface area contributed by atoms with Crippen LogP contribution in [-0.4, -0.2) is 14.5 Å². The van der Waals surface area contributed by atoms with Crippen molar-refractivity contribution >= 4 is 34.1 Å². The van der Waals surface area contributed by atoms with Gasteiger partial charge in [-0.1, -0.05) is 6.07 Å². The van der Waals surface area contributed by atoms with Crippen LogP contribution in [0.25, 0.3) is 11.0 Å². The Morgan fingerprint density at radius 1 is 1.26 bits per heavy atom. The number of nitrogens with two attached hydrogens (primary N) is 2. The predicted octanol–water partition coefficient (Wildman–Crippen LogP) is 1.98. The van der Waals surface area contributed by atoms with Crippen LogP contribution in [0, 0.1) is 0 Å². The number of aromatic nitrogens is 3. The second-order valence-electron chi connectivity index (χ2n) is 4.51. The average molecular weight is 273 g/mol. The van der Waals surface area contributed by atoms with E-state index in [1.165, 1.54) is 10.4 Å². The van der Waals surface area contributed by atoms with E-state index >= 15 is 0 Å². The highest BCUT2D eigenvalue weighted by Gasteiger charge is 2.13. The maximum atomic E-state index is 5.98. The first-order valence-corrected chi connectivity index (χ1v) is 6.92. The van der Waals surface area contributed by atoms with Crippen LogP contribution < -0.4 is 11.5 Å². The molecule has 0 unspecified atom stereocenters. The summed E-state index contributed by atoms with van der Waals surface area (Å²) >= 11 is 1.77. The molecule has 0 bridgehead atoms. The third-order valence-electron chi connectivity index (χ3n) is 3.16. The molecule has 0 aliphatic heterocycles. The number of nitrogens with zero attached hydrogens (tertiary/aromatic N) is 3. The van der Waals surface area contributed by atoms with Crippen LogP contribution >= 0.6 is 11.3 Å². The molecule has 5 nitrogen and oxygen atoms in total. The maximum absolute atomic E-state index is 5.98. The molecule has 3 rings (SSSR count). The highest BCUT2D eigenvalue weighted by molar-refractivity contribution is 7.09. The van der Waals surface area contributed by atoms with Crippen molar-refractivity contribution in [2.45, 2.75) is 12.8 Å². The normalized spacial score (nSPS) is 11.2. The number of thiophene rings is 1. The van der Waals surface area contributed by atoms with E-state index in [9.17, 15) is 0 Å². The zero-order valence-corrected chi connectivity index (χ0v) is 11.4. The highest BCUT2D eigenvalue weighted by Crippen LogP contribution is 2.26. The first-order chi connectivity index (χ1) is 9.15. The number of hydrogen-bond donors (Lipinski definition) is 2. The van der Waals surface area contributed by atoms with Crippen LogP contribution in [0.15, 0.2) is 23.7 Å². The third kappa shape index (κ3) is 2.15. The molecule has 0 radical (unpaired) electrons. The molecule has 0 aliphatic rings. The Bertz CT molecular complexity index is 714. The highest BCUT2D eigenvalue weighted by atomic mass is 32.1. The van der Waals surface area contributed by atoms with Crippen molar-refractivity contribution in [2.24, 2.45) is 7.05 Å². The third-order valence-corrected chi connectivity index (χ3v) is 4.10. The van der Waals surface area contributed by atoms with Crippen molar-refractivity contribution in [3.8, 4) is 0 Å². The fourth-order valence-electron chi connectivity index (χ4n) is 2.31. The number of hydrogen-bond acceptors (Lipinski definition) is 5. The molecule has 0 fully saturated rings. The minimum Gasteiger partial charge on any atom is -0.383 e. The smallest absolute Gasteiger partial charge is 0.223 e. The minimum absolute atomic E-state index is 0.219. The molecule has 0 saturated carbocycles. The van der Waals surface area contributed by atoms with Gasteiger partial charge < -0.3 is 16.0 Å². The Hall–Kier alpha value is -2.08. The second-order valence-corrected chi connectivity index (χ2v) is 5.54. The quantitative estimate of drug-likeness (QED) is 0.764. The van der Waals surface area contributed by atoms with Gasteiger partial charge in [0.15, 0.2) is 0 Å². The van der Waals surface area contributed by atoms with Gasteiger partial charge in [-0.3, -0.25) is 0 Å². The van der Waals surface area contributed by atoms with Gasteiger partial charge in [-0.15, -0.1) is 11.3 Å². The molecular formula is C13H15N5S. The van der Waals surface area contributed by atoms with E-state index in [-0.39, 0.29) is 5.95 Å². The van der Waals surface area contributed by atoms with Gasteiger partial charge >= 0.3 is 0 Å². The number of fused-ring (bicyclic) bond motifs is 1. The summed E-state index contributed by atoms with van der Waals surface area (Å²) in [5, 5.41) is 3.02. The molecule has 19 heavy (non-hydrogen) atoms. The van der Waals surface area contributed by atoms with Gasteiger partial charge in [0.05, 0.1) is 5.39 Å². The lowest BCUT2D eigenvalue weighted by Crippen LogP contribution is -2.02. The molecule has 6 heteroatoms. The van der Waals surface area contributed by atoms with E-state index in [1.54, 1.807) is 11.3 Å². The van der Waals surface area contributed by atoms with Crippen LogP contribution in [0.1, 0.15) is 10.4 Å². The molecule has 0 saturated heterocycles. The van der Waals surface area contributed by atoms with Gasteiger partial charge in [-0.2, -0.15) is 9.97 Å². The summed E-state index contributed by atoms with van der Waals surface area (Å²) in [5.74, 6) is 0.681. The molecule has 3 heterocycles. The SMILES string of the molecule is Cn1cc(CCc2cccs2)c2c(N)nc(N)nc21. The van der Waals surface area contributed by atoms with E-state index in [2.05, 4.69) is 33.7 Å². The zero-order chi connectivity index (χ0) is 13.4. The Morgan fingerprint density at radius 3 is 2.84 bits per heavy atom. The standard InChI is InChI=1S/C13H15N5S/c1-18-7-8(4-5-9-3-2-6-19-9)10-11(14)16-13(15)17-12(10)18/h2-3,6-7H,4-5H2,1H3,(H4,14,15,16,17). The summed E-state index contributed by atoms with van der Waals surface area (Å²) < 4.78 is 1.95. The summed E-state index contributed by atoms with van der Waals surface area (Å²) in [6.45, 7) is 0. The van der Waals surface area contributed by atoms with Crippen molar-refractivity contribution in [1.82, 2.24) is 14.5 Å². The van der Waals surface area contributed by atoms with E-state index in [1.807, 2.05) is 11.6 Å². The monoisotopic (exact) mass is 273 g/mol. The van der Waals surface area contributed by atoms with E-state index in [0.29, 0.717) is 5.82 Å². The van der Waals surface area contributed by atoms with Gasteiger partial charge in [-0.05, 0) is 29.9 Å². The second kappa shape index (κ2) is 4.55. The Morgan fingerprint density at radius 2 is 2.11 bits per heavy atom. The zero-order valence-electron chi connectivity index (χ0n) is 10.6. The number of rotatable bonds is 3. The van der Waals surface area contributed by atoms with Crippen molar-refractivity contribution in [3.05, 3.63) is 34.2 Å². The predicted molar refractivity (Wildman–Crippen MR) is 79.1 cm³/mol. The molecule has 0 atom stereocenters. The lowest BCUT2D eigenvalue weighted by atomic mass is 10.1. The van der Waals surface area contributed by atoms with Gasteiger partial charge in [0, 0.05) is 18.1 Å². The first kappa shape index (κ1) is 12.0. The maximum Gasteiger partial charge on any atom is 0.223 e. The van der Waals surface area contributed by atoms with Crippen LogP contribution in [-0.2, 0) is 19.9 Å². The molecule has 3 aromatic heterocycles. The largest absolute Gasteiger partial charge is 0.383 e. The molecule has 0 spiro atoms. The fourth-order valence-corrected chi connectivity index (χ4v) is 3.02. The topological polar surface area (TPSA) is 82.8 Å². The van der Waals surface area contributed by atoms with Crippen molar-refractivity contribution in [2.75, 3.05) is 11.5 Å². The summed E-state index contributed by atoms with van der Waals surface area (Å²) in [5.41, 5.74) is 13.6. The molecule has 3 aromatic rings. The average Bonchev–Trinajstić information content (AvgIpc) is 2.95. The molecule has 98 valence electrons. The molecule has 4 N–H and O–H groups in total. The van der Waals surface area contributed by atoms with Gasteiger partial charge in [0.1, 0.15) is 11.5 Å². The van der Waals surface area contributed by atoms with Crippen molar-refractivity contribution < 1.29 is 0 Å². The molecular weight excluding hydrogens is 258 g/mol. The summed E-state index contributed by atoms with van der Waals surface area (Å²) in [7, 11) is 1.95. The van der Waals surface area contributed by atoms with Crippen LogP contribution in [0.2, 0.25) is 0 Å². The Balaban J connectivity index is 1.99. The molecule has 0 amide bonds. The van der Waals surface area contributed by atoms with Gasteiger partial charge in [-0.25, -0.2) is 0 Å². The van der Waals surface area contributed by atoms with Crippen molar-refractivity contribution in [3.63, 3.8) is 0 Å². The lowest BCUT2D eigenvalue weighted by Gasteiger charge is -2.01. The van der Waals surface area contributed by atoms with Crippen molar-refractivity contribution in [1.29, 1.82) is 0 Å². The first-order valence-electron chi connectivity index (χ1n) is 6.04. The van der Waals surface area contributed by atoms with Gasteiger partial charge in [0.25, 0.3) is 0 Å². The lowest BCUT2D eigenvalue weighted by molar-refractivity contribution is 0.920. The fraction of sp³-hybridized carbons (Fsp3) is 0.231. The van der Waals surface area contributed by atoms with Crippen LogP contribution in [0.4, 0.5) is 11.8 Å². The van der Waals surface area contributed by atoms with E-state index < -0.39 is 0 Å². The Labute approximate surface area is 114 Å². The number of nitrogen functional groups attached to an aromatic ring is 2. The minimum atomic E-state index is 0.219. The number of aryl methyl sites for hydroxylation is 3. The Kier molecular flexibility index (Phi) is 2.87. The van der Waals surface area contributed by atoms with E-state index in [0.717, 1.165) is 23.9 Å². The van der Waals surface area contributed by atoms with Crippen LogP contribution in [0.5, 0.6) is 0 Å². The summed E-state index contributed by atoms with van der Waals surface area (Å²) in [6.07, 6.45) is 3.98. The van der Waals surface area contributed by atoms with Crippen LogP contribution in [0.3, 0.4) is 0 Å². The number of anilines is 2. The molecule has 0 aromatic carbocycles. The van der Waals surface area contributed by atoms with E-state index in [4.69, 9.17) is 11.5 Å². The molecule has 0 aliphatic carbocycles. The summed E-state index contributed by atoms with van der Waals surface area (Å²) in [6, 6.07) is 4.22.